The summed E-state index contributed by atoms with van der Waals surface area (Å²) in [5, 5.41) is 8.24. The van der Waals surface area contributed by atoms with Crippen LogP contribution >= 0.6 is 11.6 Å². The summed E-state index contributed by atoms with van der Waals surface area (Å²) in [6, 6.07) is 18.0. The number of sulfone groups is 1. The molecule has 3 atom stereocenters. The lowest BCUT2D eigenvalue weighted by molar-refractivity contribution is -0.134. The van der Waals surface area contributed by atoms with E-state index in [1.54, 1.807) is 6.26 Å². The Morgan fingerprint density at radius 1 is 0.982 bits per heavy atom. The second kappa shape index (κ2) is 16.7. The van der Waals surface area contributed by atoms with Gasteiger partial charge in [-0.15, -0.1) is 0 Å². The van der Waals surface area contributed by atoms with Crippen LogP contribution in [0.2, 0.25) is 5.02 Å². The molecule has 1 saturated heterocycles. The Labute approximate surface area is 327 Å². The molecular weight excluding hydrogens is 766 g/mol. The highest BCUT2D eigenvalue weighted by molar-refractivity contribution is 7.92. The number of nitrogens with one attached hydrogen (secondary N) is 2. The number of ether oxygens (including phenoxy) is 2. The van der Waals surface area contributed by atoms with E-state index in [-0.39, 0.29) is 86.1 Å². The van der Waals surface area contributed by atoms with Gasteiger partial charge in [-0.1, -0.05) is 30.5 Å². The predicted molar refractivity (Wildman–Crippen MR) is 206 cm³/mol. The quantitative estimate of drug-likeness (QED) is 0.0853. The van der Waals surface area contributed by atoms with Crippen molar-refractivity contribution in [2.24, 2.45) is 5.92 Å². The van der Waals surface area contributed by atoms with Gasteiger partial charge in [0.05, 0.1) is 30.3 Å². The van der Waals surface area contributed by atoms with Crippen molar-refractivity contribution < 1.29 is 45.5 Å². The second-order valence-corrected chi connectivity index (χ2v) is 17.1. The van der Waals surface area contributed by atoms with Gasteiger partial charge in [-0.05, 0) is 109 Å². The Morgan fingerprint density at radius 3 is 2.61 bits per heavy atom. The first kappa shape index (κ1) is 39.4. The molecule has 1 aliphatic heterocycles. The topological polar surface area (TPSA) is 141 Å². The molecule has 2 heterocycles. The van der Waals surface area contributed by atoms with Crippen molar-refractivity contribution in [3.8, 4) is 5.75 Å². The second-order valence-electron chi connectivity index (χ2n) is 14.4. The number of piperidine rings is 1. The molecule has 0 bridgehead atoms. The van der Waals surface area contributed by atoms with Crippen LogP contribution < -0.4 is 15.4 Å². The first-order chi connectivity index (χ1) is 26.9. The van der Waals surface area contributed by atoms with Crippen molar-refractivity contribution in [3.05, 3.63) is 107 Å². The van der Waals surface area contributed by atoms with Crippen molar-refractivity contribution >= 4 is 60.9 Å². The predicted octanol–water partition coefficient (Wildman–Crippen LogP) is 7.89. The Bertz CT molecular complexity index is 2390. The van der Waals surface area contributed by atoms with Gasteiger partial charge in [0, 0.05) is 40.9 Å². The number of carbonyl (C=O) groups excluding carboxylic acids is 3. The van der Waals surface area contributed by atoms with E-state index in [4.69, 9.17) is 25.5 Å². The molecule has 56 heavy (non-hydrogen) atoms. The highest BCUT2D eigenvalue weighted by Crippen LogP contribution is 2.50. The number of hydrogen-bond donors (Lipinski definition) is 2. The molecule has 2 fully saturated rings. The van der Waals surface area contributed by atoms with Gasteiger partial charge in [0.1, 0.15) is 34.3 Å². The summed E-state index contributed by atoms with van der Waals surface area (Å²) in [6.45, 7) is 1.05. The summed E-state index contributed by atoms with van der Waals surface area (Å²) < 4.78 is 73.8. The average Bonchev–Trinajstić information content (AvgIpc) is 3.62. The third kappa shape index (κ3) is 8.16. The van der Waals surface area contributed by atoms with E-state index in [0.717, 1.165) is 39.9 Å². The Balaban J connectivity index is 0.883. The first-order valence-electron chi connectivity index (χ1n) is 18.7. The Hall–Kier alpha value is -4.85. The number of carbonyl (C=O) groups is 3. The molecule has 0 spiro atoms. The highest BCUT2D eigenvalue weighted by atomic mass is 35.5. The average molecular weight is 807 g/mol. The molecule has 0 radical (unpaired) electrons. The molecule has 1 saturated carbocycles. The van der Waals surface area contributed by atoms with Crippen LogP contribution in [0.25, 0.3) is 21.7 Å². The zero-order valence-corrected chi connectivity index (χ0v) is 32.0. The summed E-state index contributed by atoms with van der Waals surface area (Å²) >= 11 is 6.01. The maximum absolute atomic E-state index is 15.3. The summed E-state index contributed by atoms with van der Waals surface area (Å²) in [6.07, 6.45) is 4.08. The molecule has 1 unspecified atom stereocenters. The normalized spacial score (nSPS) is 20.3. The van der Waals surface area contributed by atoms with E-state index in [9.17, 15) is 27.2 Å². The van der Waals surface area contributed by atoms with E-state index in [1.165, 1.54) is 24.3 Å². The smallest absolute Gasteiger partial charge is 0.234 e. The Morgan fingerprint density at radius 2 is 1.80 bits per heavy atom. The van der Waals surface area contributed by atoms with Crippen molar-refractivity contribution in [2.45, 2.75) is 66.9 Å². The molecule has 5 aromatic rings. The molecule has 4 aromatic carbocycles. The van der Waals surface area contributed by atoms with Crippen LogP contribution in [0.5, 0.6) is 5.75 Å². The van der Waals surface area contributed by atoms with Gasteiger partial charge in [-0.3, -0.25) is 19.7 Å². The number of imide groups is 1. The number of furan rings is 1. The minimum absolute atomic E-state index is 0.0233. The summed E-state index contributed by atoms with van der Waals surface area (Å²) in [7, 11) is -4.19. The molecule has 294 valence electrons. The maximum Gasteiger partial charge on any atom is 0.234 e. The van der Waals surface area contributed by atoms with Crippen LogP contribution in [-0.2, 0) is 33.7 Å². The molecular formula is C42H41ClF2N2O8S. The number of rotatable bonds is 14. The van der Waals surface area contributed by atoms with Crippen molar-refractivity contribution in [1.29, 1.82) is 0 Å². The highest BCUT2D eigenvalue weighted by Gasteiger charge is 2.50. The van der Waals surface area contributed by atoms with Gasteiger partial charge in [-0.2, -0.15) is 0 Å². The van der Waals surface area contributed by atoms with Crippen LogP contribution in [0.4, 0.5) is 8.78 Å². The summed E-state index contributed by atoms with van der Waals surface area (Å²) in [4.78, 5) is 37.0. The van der Waals surface area contributed by atoms with Gasteiger partial charge in [-0.25, -0.2) is 17.2 Å². The lowest BCUT2D eigenvalue weighted by atomic mass is 9.75. The minimum Gasteiger partial charge on any atom is -0.491 e. The van der Waals surface area contributed by atoms with Gasteiger partial charge in [0.2, 0.25) is 17.7 Å². The first-order valence-corrected chi connectivity index (χ1v) is 20.5. The van der Waals surface area contributed by atoms with Crippen molar-refractivity contribution in [1.82, 2.24) is 10.6 Å². The lowest BCUT2D eigenvalue weighted by Gasteiger charge is -2.41. The lowest BCUT2D eigenvalue weighted by Crippen LogP contribution is -2.42. The maximum atomic E-state index is 15.3. The fourth-order valence-corrected chi connectivity index (χ4v) is 10.5. The molecule has 2 N–H and O–H groups in total. The summed E-state index contributed by atoms with van der Waals surface area (Å²) in [5.41, 5.74) is 1.21. The zero-order valence-electron chi connectivity index (χ0n) is 30.5. The SMILES string of the molecule is O=C(CC[C@@H]1CCC[C@@](c2cc(F)ccc2F)(S(=O)(=O)c2ccc(Cl)cc2)C1)NCCOCCOc1ccc2c(ccc3occ(C4CCC(=O)NC4=O)c32)c1. The largest absolute Gasteiger partial charge is 0.491 e. The molecule has 7 rings (SSSR count). The van der Waals surface area contributed by atoms with E-state index >= 15 is 4.39 Å². The third-order valence-electron chi connectivity index (χ3n) is 10.9. The van der Waals surface area contributed by atoms with E-state index in [1.807, 2.05) is 30.3 Å². The zero-order chi connectivity index (χ0) is 39.5. The molecule has 10 nitrogen and oxygen atoms in total. The van der Waals surface area contributed by atoms with Gasteiger partial charge < -0.3 is 19.2 Å². The minimum atomic E-state index is -4.19. The number of halogens is 3. The monoisotopic (exact) mass is 806 g/mol. The van der Waals surface area contributed by atoms with Crippen LogP contribution in [0.15, 0.2) is 88.4 Å². The van der Waals surface area contributed by atoms with Gasteiger partial charge >= 0.3 is 0 Å². The fraction of sp³-hybridized carbons (Fsp3) is 0.357. The van der Waals surface area contributed by atoms with Gasteiger partial charge in [0.25, 0.3) is 0 Å². The van der Waals surface area contributed by atoms with E-state index in [2.05, 4.69) is 10.6 Å². The molecule has 2 aliphatic rings. The van der Waals surface area contributed by atoms with Crippen LogP contribution in [0.3, 0.4) is 0 Å². The summed E-state index contributed by atoms with van der Waals surface area (Å²) in [5.74, 6) is -2.39. The molecule has 3 amide bonds. The van der Waals surface area contributed by atoms with E-state index < -0.39 is 32.1 Å². The number of amides is 3. The van der Waals surface area contributed by atoms with Crippen LogP contribution in [0, 0.1) is 17.6 Å². The van der Waals surface area contributed by atoms with Crippen LogP contribution in [0.1, 0.15) is 68.4 Å². The number of hydrogen-bond acceptors (Lipinski definition) is 8. The third-order valence-corrected chi connectivity index (χ3v) is 13.6. The fourth-order valence-electron chi connectivity index (χ4n) is 8.13. The standard InChI is InChI=1S/C42H41ClF2N2O8S/c43-28-5-9-31(10-6-28)56(51,52)42(35-23-29(44)7-13-36(35)45)17-1-2-26(24-42)3-15-38(48)46-18-19-53-20-21-54-30-8-11-32-27(22-30)4-14-37-40(32)34(25-55-37)33-12-16-39(49)47-41(33)50/h4-11,13-14,22-23,25-26,33H,1-3,12,15-21,24H2,(H,46,48)(H,47,49,50)/t26-,33?,42+/m0/s1. The molecule has 1 aromatic heterocycles. The van der Waals surface area contributed by atoms with Gasteiger partial charge in [0.15, 0.2) is 9.84 Å². The Kier molecular flexibility index (Phi) is 11.8. The molecule has 14 heteroatoms. The van der Waals surface area contributed by atoms with Crippen molar-refractivity contribution in [2.75, 3.05) is 26.4 Å². The number of benzene rings is 4. The van der Waals surface area contributed by atoms with Crippen molar-refractivity contribution in [3.63, 3.8) is 0 Å². The van der Waals surface area contributed by atoms with Crippen LogP contribution in [-0.4, -0.2) is 52.5 Å². The molecule has 1 aliphatic carbocycles. The van der Waals surface area contributed by atoms with E-state index in [0.29, 0.717) is 42.0 Å². The number of fused-ring (bicyclic) bond motifs is 3.